The highest BCUT2D eigenvalue weighted by Gasteiger charge is 2.40. The molecule has 2 aromatic carbocycles. The second-order valence-electron chi connectivity index (χ2n) is 5.21. The van der Waals surface area contributed by atoms with Crippen LogP contribution in [0, 0.1) is 0 Å². The minimum Gasteiger partial charge on any atom is -0.352 e. The molecule has 2 rings (SSSR count). The summed E-state index contributed by atoms with van der Waals surface area (Å²) in [6, 6.07) is 15.4. The molecule has 126 valence electrons. The predicted molar refractivity (Wildman–Crippen MR) is 86.8 cm³/mol. The molecule has 0 fully saturated rings. The van der Waals surface area contributed by atoms with Crippen molar-refractivity contribution in [1.29, 1.82) is 0 Å². The molecule has 1 atom stereocenters. The summed E-state index contributed by atoms with van der Waals surface area (Å²) in [5.74, 6) is -0.689. The summed E-state index contributed by atoms with van der Waals surface area (Å²) in [6.07, 6.45) is -4.17. The molecular formula is C18H17F3N2O. The van der Waals surface area contributed by atoms with Crippen LogP contribution in [0.5, 0.6) is 0 Å². The van der Waals surface area contributed by atoms with Gasteiger partial charge in [0.25, 0.3) is 0 Å². The quantitative estimate of drug-likeness (QED) is 0.803. The van der Waals surface area contributed by atoms with Crippen molar-refractivity contribution in [2.45, 2.75) is 25.2 Å². The Morgan fingerprint density at radius 2 is 1.62 bits per heavy atom. The Labute approximate surface area is 138 Å². The van der Waals surface area contributed by atoms with Crippen LogP contribution in [-0.4, -0.2) is 24.3 Å². The molecule has 0 aliphatic rings. The highest BCUT2D eigenvalue weighted by molar-refractivity contribution is 5.81. The Morgan fingerprint density at radius 1 is 1.04 bits per heavy atom. The lowest BCUT2D eigenvalue weighted by atomic mass is 10.1. The number of rotatable bonds is 6. The molecule has 0 heterocycles. The minimum atomic E-state index is -4.57. The second kappa shape index (κ2) is 8.29. The van der Waals surface area contributed by atoms with E-state index in [0.717, 1.165) is 11.8 Å². The maximum Gasteiger partial charge on any atom is 0.411 e. The third-order valence-corrected chi connectivity index (χ3v) is 3.29. The summed E-state index contributed by atoms with van der Waals surface area (Å²) in [5, 5.41) is 2.49. The van der Waals surface area contributed by atoms with Crippen LogP contribution in [0.3, 0.4) is 0 Å². The normalized spacial score (nSPS) is 13.0. The fourth-order valence-corrected chi connectivity index (χ4v) is 2.01. The summed E-state index contributed by atoms with van der Waals surface area (Å²) >= 11 is 0. The molecule has 1 amide bonds. The standard InChI is InChI=1S/C18H17F3N2O/c19-18(20,21)16(22-12-14-7-3-1-4-8-14)11-17(24)23-13-15-9-5-2-6-10-15/h1-10,12,16H,11,13H2,(H,23,24). The maximum absolute atomic E-state index is 13.1. The topological polar surface area (TPSA) is 41.5 Å². The van der Waals surface area contributed by atoms with Gasteiger partial charge in [-0.05, 0) is 11.1 Å². The molecule has 6 heteroatoms. The van der Waals surface area contributed by atoms with Gasteiger partial charge >= 0.3 is 6.18 Å². The highest BCUT2D eigenvalue weighted by Crippen LogP contribution is 2.25. The molecule has 0 radical (unpaired) electrons. The van der Waals surface area contributed by atoms with Gasteiger partial charge in [0.05, 0.1) is 6.42 Å². The van der Waals surface area contributed by atoms with Crippen LogP contribution in [0.2, 0.25) is 0 Å². The van der Waals surface area contributed by atoms with Gasteiger partial charge in [-0.15, -0.1) is 0 Å². The Hall–Kier alpha value is -2.63. The highest BCUT2D eigenvalue weighted by atomic mass is 19.4. The van der Waals surface area contributed by atoms with Crippen molar-refractivity contribution in [3.63, 3.8) is 0 Å². The van der Waals surface area contributed by atoms with E-state index < -0.39 is 24.5 Å². The van der Waals surface area contributed by atoms with Crippen molar-refractivity contribution < 1.29 is 18.0 Å². The monoisotopic (exact) mass is 334 g/mol. The Kier molecular flexibility index (Phi) is 6.12. The maximum atomic E-state index is 13.1. The van der Waals surface area contributed by atoms with Gasteiger partial charge in [-0.25, -0.2) is 0 Å². The second-order valence-corrected chi connectivity index (χ2v) is 5.21. The summed E-state index contributed by atoms with van der Waals surface area (Å²) in [5.41, 5.74) is 1.37. The van der Waals surface area contributed by atoms with Crippen LogP contribution in [0.25, 0.3) is 0 Å². The van der Waals surface area contributed by atoms with Gasteiger partial charge in [0.2, 0.25) is 5.91 Å². The lowest BCUT2D eigenvalue weighted by Gasteiger charge is -2.16. The van der Waals surface area contributed by atoms with E-state index in [0.29, 0.717) is 5.56 Å². The Bertz CT molecular complexity index is 670. The first kappa shape index (κ1) is 17.7. The first-order chi connectivity index (χ1) is 11.4. The summed E-state index contributed by atoms with van der Waals surface area (Å²) in [7, 11) is 0. The largest absolute Gasteiger partial charge is 0.411 e. The van der Waals surface area contributed by atoms with Crippen LogP contribution >= 0.6 is 0 Å². The van der Waals surface area contributed by atoms with E-state index in [2.05, 4.69) is 10.3 Å². The van der Waals surface area contributed by atoms with Crippen molar-refractivity contribution >= 4 is 12.1 Å². The number of aliphatic imine (C=N–C) groups is 1. The van der Waals surface area contributed by atoms with Gasteiger partial charge in [-0.2, -0.15) is 13.2 Å². The van der Waals surface area contributed by atoms with E-state index in [1.54, 1.807) is 54.6 Å². The zero-order valence-corrected chi connectivity index (χ0v) is 12.8. The molecule has 0 aromatic heterocycles. The molecule has 0 aliphatic heterocycles. The average molecular weight is 334 g/mol. The molecule has 24 heavy (non-hydrogen) atoms. The molecule has 1 unspecified atom stereocenters. The van der Waals surface area contributed by atoms with Gasteiger partial charge in [0, 0.05) is 12.8 Å². The molecule has 0 saturated heterocycles. The van der Waals surface area contributed by atoms with Crippen molar-refractivity contribution in [2.24, 2.45) is 4.99 Å². The average Bonchev–Trinajstić information content (AvgIpc) is 2.57. The first-order valence-corrected chi connectivity index (χ1v) is 7.41. The molecule has 0 aliphatic carbocycles. The Balaban J connectivity index is 1.96. The van der Waals surface area contributed by atoms with Crippen LogP contribution in [0.1, 0.15) is 17.5 Å². The van der Waals surface area contributed by atoms with Gasteiger partial charge in [0.15, 0.2) is 6.04 Å². The molecule has 0 spiro atoms. The number of halogens is 3. The van der Waals surface area contributed by atoms with E-state index in [9.17, 15) is 18.0 Å². The number of benzene rings is 2. The fraction of sp³-hybridized carbons (Fsp3) is 0.222. The number of alkyl halides is 3. The van der Waals surface area contributed by atoms with Crippen LogP contribution in [0.4, 0.5) is 13.2 Å². The van der Waals surface area contributed by atoms with E-state index in [1.807, 2.05) is 6.07 Å². The SMILES string of the molecule is O=C(CC(N=Cc1ccccc1)C(F)(F)F)NCc1ccccc1. The van der Waals surface area contributed by atoms with Crippen molar-refractivity contribution in [1.82, 2.24) is 5.32 Å². The zero-order valence-electron chi connectivity index (χ0n) is 12.8. The van der Waals surface area contributed by atoms with Crippen LogP contribution in [-0.2, 0) is 11.3 Å². The van der Waals surface area contributed by atoms with Crippen molar-refractivity contribution in [3.8, 4) is 0 Å². The molecule has 3 nitrogen and oxygen atoms in total. The fourth-order valence-electron chi connectivity index (χ4n) is 2.01. The number of amides is 1. The van der Waals surface area contributed by atoms with Gasteiger partial charge < -0.3 is 5.32 Å². The Morgan fingerprint density at radius 3 is 2.21 bits per heavy atom. The lowest BCUT2D eigenvalue weighted by Crippen LogP contribution is -2.34. The minimum absolute atomic E-state index is 0.187. The van der Waals surface area contributed by atoms with Crippen LogP contribution in [0.15, 0.2) is 65.7 Å². The van der Waals surface area contributed by atoms with E-state index >= 15 is 0 Å². The number of hydrogen-bond acceptors (Lipinski definition) is 2. The lowest BCUT2D eigenvalue weighted by molar-refractivity contribution is -0.153. The number of nitrogens with one attached hydrogen (secondary N) is 1. The molecule has 2 aromatic rings. The van der Waals surface area contributed by atoms with E-state index in [1.165, 1.54) is 0 Å². The summed E-state index contributed by atoms with van der Waals surface area (Å²) in [4.78, 5) is 15.3. The van der Waals surface area contributed by atoms with Crippen LogP contribution < -0.4 is 5.32 Å². The van der Waals surface area contributed by atoms with Crippen molar-refractivity contribution in [3.05, 3.63) is 71.8 Å². The van der Waals surface area contributed by atoms with Crippen molar-refractivity contribution in [2.75, 3.05) is 0 Å². The molecule has 1 N–H and O–H groups in total. The summed E-state index contributed by atoms with van der Waals surface area (Å²) < 4.78 is 39.2. The third-order valence-electron chi connectivity index (χ3n) is 3.29. The first-order valence-electron chi connectivity index (χ1n) is 7.41. The molecule has 0 saturated carbocycles. The summed E-state index contributed by atoms with van der Waals surface area (Å²) in [6.45, 7) is 0.187. The smallest absolute Gasteiger partial charge is 0.352 e. The zero-order chi connectivity index (χ0) is 17.4. The van der Waals surface area contributed by atoms with Gasteiger partial charge in [0.1, 0.15) is 0 Å². The van der Waals surface area contributed by atoms with E-state index in [-0.39, 0.29) is 6.54 Å². The van der Waals surface area contributed by atoms with Gasteiger partial charge in [-0.3, -0.25) is 9.79 Å². The number of carbonyl (C=O) groups is 1. The number of carbonyl (C=O) groups excluding carboxylic acids is 1. The van der Waals surface area contributed by atoms with Gasteiger partial charge in [-0.1, -0.05) is 60.7 Å². The molecule has 0 bridgehead atoms. The molecular weight excluding hydrogens is 317 g/mol. The van der Waals surface area contributed by atoms with E-state index in [4.69, 9.17) is 0 Å². The predicted octanol–water partition coefficient (Wildman–Crippen LogP) is 3.74. The number of nitrogens with zero attached hydrogens (tertiary/aromatic N) is 1. The third kappa shape index (κ3) is 5.87. The number of hydrogen-bond donors (Lipinski definition) is 1.